The van der Waals surface area contributed by atoms with Crippen LogP contribution in [0.3, 0.4) is 0 Å². The Morgan fingerprint density at radius 3 is 2.33 bits per heavy atom. The summed E-state index contributed by atoms with van der Waals surface area (Å²) in [4.78, 5) is 0. The van der Waals surface area contributed by atoms with E-state index in [0.717, 1.165) is 19.0 Å². The minimum atomic E-state index is 0.634. The maximum atomic E-state index is 5.61. The zero-order valence-corrected chi connectivity index (χ0v) is 13.4. The third kappa shape index (κ3) is 6.62. The molecule has 0 atom stereocenters. The van der Waals surface area contributed by atoms with Gasteiger partial charge in [-0.3, -0.25) is 0 Å². The second-order valence-electron chi connectivity index (χ2n) is 6.55. The lowest BCUT2D eigenvalue weighted by atomic mass is 9.85. The van der Waals surface area contributed by atoms with Gasteiger partial charge in [-0.05, 0) is 30.0 Å². The number of unbranched alkanes of at least 4 members (excludes halogenated alkanes) is 2. The zero-order valence-electron chi connectivity index (χ0n) is 13.4. The van der Waals surface area contributed by atoms with Crippen molar-refractivity contribution in [2.45, 2.75) is 70.9 Å². The van der Waals surface area contributed by atoms with Gasteiger partial charge < -0.3 is 11.1 Å². The van der Waals surface area contributed by atoms with Gasteiger partial charge >= 0.3 is 0 Å². The highest BCUT2D eigenvalue weighted by Gasteiger charge is 2.12. The highest BCUT2D eigenvalue weighted by molar-refractivity contribution is 5.22. The van der Waals surface area contributed by atoms with E-state index in [-0.39, 0.29) is 0 Å². The van der Waals surface area contributed by atoms with Crippen molar-refractivity contribution in [3.8, 4) is 0 Å². The Hall–Kier alpha value is -0.860. The summed E-state index contributed by atoms with van der Waals surface area (Å²) in [6.45, 7) is 2.76. The van der Waals surface area contributed by atoms with Crippen LogP contribution in [-0.2, 0) is 13.1 Å². The number of nitrogens with one attached hydrogen (secondary N) is 1. The smallest absolute Gasteiger partial charge is 0.0205 e. The SMILES string of the molecule is NCc1ccc(CNCCCCCC2CCCCC2)cc1. The number of rotatable bonds is 9. The molecule has 0 saturated heterocycles. The zero-order chi connectivity index (χ0) is 14.8. The molecule has 0 heterocycles. The molecule has 2 rings (SSSR count). The predicted molar refractivity (Wildman–Crippen MR) is 91.1 cm³/mol. The molecule has 1 aromatic carbocycles. The molecule has 118 valence electrons. The number of hydrogen-bond donors (Lipinski definition) is 2. The lowest BCUT2D eigenvalue weighted by molar-refractivity contribution is 0.328. The summed E-state index contributed by atoms with van der Waals surface area (Å²) in [5.41, 5.74) is 8.17. The molecule has 1 aromatic rings. The van der Waals surface area contributed by atoms with E-state index in [0.29, 0.717) is 6.54 Å². The van der Waals surface area contributed by atoms with Crippen LogP contribution >= 0.6 is 0 Å². The van der Waals surface area contributed by atoms with E-state index < -0.39 is 0 Å². The maximum Gasteiger partial charge on any atom is 0.0205 e. The first-order valence-electron chi connectivity index (χ1n) is 8.87. The average Bonchev–Trinajstić information content (AvgIpc) is 2.55. The molecule has 0 aromatic heterocycles. The molecule has 0 unspecified atom stereocenters. The van der Waals surface area contributed by atoms with Crippen LogP contribution in [-0.4, -0.2) is 6.54 Å². The molecule has 1 saturated carbocycles. The van der Waals surface area contributed by atoms with Gasteiger partial charge in [-0.15, -0.1) is 0 Å². The minimum absolute atomic E-state index is 0.634. The van der Waals surface area contributed by atoms with E-state index in [2.05, 4.69) is 29.6 Å². The predicted octanol–water partition coefficient (Wildman–Crippen LogP) is 4.38. The van der Waals surface area contributed by atoms with Gasteiger partial charge in [0.25, 0.3) is 0 Å². The topological polar surface area (TPSA) is 38.0 Å². The highest BCUT2D eigenvalue weighted by atomic mass is 14.8. The van der Waals surface area contributed by atoms with Crippen molar-refractivity contribution in [2.75, 3.05) is 6.54 Å². The number of nitrogens with two attached hydrogens (primary N) is 1. The molecular weight excluding hydrogens is 256 g/mol. The Bertz CT molecular complexity index is 366. The number of benzene rings is 1. The summed E-state index contributed by atoms with van der Waals surface area (Å²) in [6, 6.07) is 8.61. The molecule has 0 amide bonds. The third-order valence-corrected chi connectivity index (χ3v) is 4.78. The van der Waals surface area contributed by atoms with Gasteiger partial charge in [0.1, 0.15) is 0 Å². The monoisotopic (exact) mass is 288 g/mol. The fourth-order valence-corrected chi connectivity index (χ4v) is 3.36. The Morgan fingerprint density at radius 2 is 1.62 bits per heavy atom. The first-order chi connectivity index (χ1) is 10.4. The summed E-state index contributed by atoms with van der Waals surface area (Å²) in [5.74, 6) is 1.05. The van der Waals surface area contributed by atoms with Crippen molar-refractivity contribution in [1.82, 2.24) is 5.32 Å². The van der Waals surface area contributed by atoms with Crippen molar-refractivity contribution < 1.29 is 0 Å². The second-order valence-corrected chi connectivity index (χ2v) is 6.55. The molecule has 1 aliphatic rings. The molecule has 1 fully saturated rings. The third-order valence-electron chi connectivity index (χ3n) is 4.78. The lowest BCUT2D eigenvalue weighted by Crippen LogP contribution is -2.14. The van der Waals surface area contributed by atoms with Crippen molar-refractivity contribution in [2.24, 2.45) is 11.7 Å². The van der Waals surface area contributed by atoms with Crippen LogP contribution in [0.5, 0.6) is 0 Å². The summed E-state index contributed by atoms with van der Waals surface area (Å²) in [5, 5.41) is 3.55. The van der Waals surface area contributed by atoms with Crippen LogP contribution in [0.15, 0.2) is 24.3 Å². The summed E-state index contributed by atoms with van der Waals surface area (Å²) in [7, 11) is 0. The summed E-state index contributed by atoms with van der Waals surface area (Å²) >= 11 is 0. The normalized spacial score (nSPS) is 16.2. The maximum absolute atomic E-state index is 5.61. The molecule has 2 nitrogen and oxygen atoms in total. The Labute approximate surface area is 130 Å². The lowest BCUT2D eigenvalue weighted by Gasteiger charge is -2.21. The molecular formula is C19H32N2. The van der Waals surface area contributed by atoms with E-state index in [1.54, 1.807) is 0 Å². The first-order valence-corrected chi connectivity index (χ1v) is 8.87. The van der Waals surface area contributed by atoms with E-state index >= 15 is 0 Å². The van der Waals surface area contributed by atoms with Gasteiger partial charge in [-0.25, -0.2) is 0 Å². The fraction of sp³-hybridized carbons (Fsp3) is 0.684. The quantitative estimate of drug-likeness (QED) is 0.662. The van der Waals surface area contributed by atoms with Crippen LogP contribution in [0.1, 0.15) is 68.9 Å². The Morgan fingerprint density at radius 1 is 0.905 bits per heavy atom. The molecule has 2 heteroatoms. The van der Waals surface area contributed by atoms with Gasteiger partial charge in [0.15, 0.2) is 0 Å². The van der Waals surface area contributed by atoms with Crippen LogP contribution in [0.25, 0.3) is 0 Å². The number of hydrogen-bond acceptors (Lipinski definition) is 2. The first kappa shape index (κ1) is 16.5. The standard InChI is InChI=1S/C19H32N2/c20-15-18-10-12-19(13-11-18)16-21-14-6-2-5-9-17-7-3-1-4-8-17/h10-13,17,21H,1-9,14-16,20H2. The van der Waals surface area contributed by atoms with E-state index in [4.69, 9.17) is 5.73 Å². The molecule has 0 spiro atoms. The summed E-state index contributed by atoms with van der Waals surface area (Å²) in [6.07, 6.45) is 13.0. The molecule has 3 N–H and O–H groups in total. The molecule has 0 bridgehead atoms. The minimum Gasteiger partial charge on any atom is -0.326 e. The highest BCUT2D eigenvalue weighted by Crippen LogP contribution is 2.27. The molecule has 1 aliphatic carbocycles. The van der Waals surface area contributed by atoms with E-state index in [1.165, 1.54) is 68.9 Å². The summed E-state index contributed by atoms with van der Waals surface area (Å²) < 4.78 is 0. The molecule has 0 aliphatic heterocycles. The Balaban J connectivity index is 1.46. The Kier molecular flexibility index (Phi) is 7.83. The average molecular weight is 288 g/mol. The van der Waals surface area contributed by atoms with Gasteiger partial charge in [-0.2, -0.15) is 0 Å². The van der Waals surface area contributed by atoms with Crippen LogP contribution in [0.2, 0.25) is 0 Å². The van der Waals surface area contributed by atoms with Crippen LogP contribution < -0.4 is 11.1 Å². The van der Waals surface area contributed by atoms with Gasteiger partial charge in [-0.1, -0.05) is 75.6 Å². The fourth-order valence-electron chi connectivity index (χ4n) is 3.36. The van der Waals surface area contributed by atoms with Crippen LogP contribution in [0, 0.1) is 5.92 Å². The largest absolute Gasteiger partial charge is 0.326 e. The van der Waals surface area contributed by atoms with E-state index in [9.17, 15) is 0 Å². The second kappa shape index (κ2) is 9.97. The van der Waals surface area contributed by atoms with Crippen molar-refractivity contribution in [3.05, 3.63) is 35.4 Å². The molecule has 21 heavy (non-hydrogen) atoms. The van der Waals surface area contributed by atoms with Crippen molar-refractivity contribution in [3.63, 3.8) is 0 Å². The van der Waals surface area contributed by atoms with Gasteiger partial charge in [0, 0.05) is 13.1 Å². The van der Waals surface area contributed by atoms with Gasteiger partial charge in [0.05, 0.1) is 0 Å². The van der Waals surface area contributed by atoms with Gasteiger partial charge in [0.2, 0.25) is 0 Å². The van der Waals surface area contributed by atoms with Crippen molar-refractivity contribution >= 4 is 0 Å². The molecule has 0 radical (unpaired) electrons. The van der Waals surface area contributed by atoms with Crippen LogP contribution in [0.4, 0.5) is 0 Å². The van der Waals surface area contributed by atoms with Crippen molar-refractivity contribution in [1.29, 1.82) is 0 Å². The van der Waals surface area contributed by atoms with E-state index in [1.807, 2.05) is 0 Å².